The largest absolute Gasteiger partial charge is 0.457 e. The van der Waals surface area contributed by atoms with Gasteiger partial charge in [-0.1, -0.05) is 12.1 Å². The summed E-state index contributed by atoms with van der Waals surface area (Å²) < 4.78 is 52.8. The maximum absolute atomic E-state index is 12.7. The summed E-state index contributed by atoms with van der Waals surface area (Å²) in [4.78, 5) is 0. The molecule has 2 unspecified atom stereocenters. The minimum absolute atomic E-state index is 0.103. The molecule has 2 rings (SSSR count). The van der Waals surface area contributed by atoms with E-state index < -0.39 is 12.5 Å². The van der Waals surface area contributed by atoms with Gasteiger partial charge in [0.25, 0.3) is 0 Å². The molecule has 1 aromatic carbocycles. The summed E-state index contributed by atoms with van der Waals surface area (Å²) in [5.74, 6) is -0.141. The third kappa shape index (κ3) is 3.81. The van der Waals surface area contributed by atoms with Gasteiger partial charge in [-0.15, -0.1) is 0 Å². The molecule has 0 spiro atoms. The van der Waals surface area contributed by atoms with E-state index in [1.807, 2.05) is 0 Å². The minimum atomic E-state index is -5.01. The molecule has 2 atom stereocenters. The zero-order chi connectivity index (χ0) is 13.9. The summed E-state index contributed by atoms with van der Waals surface area (Å²) in [6, 6.07) is 6.03. The Bertz CT molecular complexity index is 401. The maximum Gasteiger partial charge on any atom is 0.457 e. The Hall–Kier alpha value is -1.34. The van der Waals surface area contributed by atoms with Crippen molar-refractivity contribution in [2.45, 2.75) is 18.6 Å². The van der Waals surface area contributed by atoms with E-state index in [1.165, 1.54) is 12.1 Å². The summed E-state index contributed by atoms with van der Waals surface area (Å²) in [7, 11) is 0. The van der Waals surface area contributed by atoms with Gasteiger partial charge >= 0.3 is 12.5 Å². The first-order valence-corrected chi connectivity index (χ1v) is 5.88. The normalized spacial score (nSPS) is 22.0. The second-order valence-electron chi connectivity index (χ2n) is 4.26. The van der Waals surface area contributed by atoms with Gasteiger partial charge in [0.15, 0.2) is 0 Å². The summed E-state index contributed by atoms with van der Waals surface area (Å²) in [6.07, 6.45) is -8.30. The second kappa shape index (κ2) is 5.75. The maximum atomic E-state index is 12.7. The molecule has 3 nitrogen and oxygen atoms in total. The molecule has 0 amide bonds. The number of nitrogens with one attached hydrogen (secondary N) is 2. The Balaban J connectivity index is 1.98. The van der Waals surface area contributed by atoms with Gasteiger partial charge < -0.3 is 15.4 Å². The smallest absolute Gasteiger partial charge is 0.452 e. The van der Waals surface area contributed by atoms with Crippen molar-refractivity contribution in [3.8, 4) is 5.75 Å². The van der Waals surface area contributed by atoms with Gasteiger partial charge in [-0.3, -0.25) is 0 Å². The number of benzene rings is 1. The molecule has 7 heteroatoms. The van der Waals surface area contributed by atoms with E-state index >= 15 is 0 Å². The van der Waals surface area contributed by atoms with Crippen molar-refractivity contribution >= 4 is 0 Å². The van der Waals surface area contributed by atoms with Gasteiger partial charge in [-0.25, -0.2) is 0 Å². The van der Waals surface area contributed by atoms with Crippen molar-refractivity contribution in [3.63, 3.8) is 0 Å². The predicted octanol–water partition coefficient (Wildman–Crippen LogP) is 2.16. The SMILES string of the molecule is FC(Oc1ccc(C2CNCCN2)cc1)C(F)(F)F. The van der Waals surface area contributed by atoms with Crippen LogP contribution in [0.25, 0.3) is 0 Å². The highest BCUT2D eigenvalue weighted by atomic mass is 19.4. The van der Waals surface area contributed by atoms with Crippen LogP contribution in [0.2, 0.25) is 0 Å². The molecule has 1 fully saturated rings. The molecule has 106 valence electrons. The third-order valence-electron chi connectivity index (χ3n) is 2.82. The Kier molecular flexibility index (Phi) is 4.26. The fourth-order valence-corrected chi connectivity index (χ4v) is 1.85. The molecule has 0 aromatic heterocycles. The van der Waals surface area contributed by atoms with E-state index in [9.17, 15) is 17.6 Å². The molecule has 1 aromatic rings. The zero-order valence-corrected chi connectivity index (χ0v) is 10.0. The number of piperazine rings is 1. The Morgan fingerprint density at radius 3 is 2.37 bits per heavy atom. The van der Waals surface area contributed by atoms with Crippen LogP contribution >= 0.6 is 0 Å². The monoisotopic (exact) mass is 278 g/mol. The standard InChI is InChI=1S/C12H14F4N2O/c13-11(12(14,15)16)19-9-3-1-8(2-4-9)10-7-17-5-6-18-10/h1-4,10-11,17-18H,5-7H2. The van der Waals surface area contributed by atoms with Crippen molar-refractivity contribution in [2.24, 2.45) is 0 Å². The highest BCUT2D eigenvalue weighted by Gasteiger charge is 2.42. The molecule has 2 N–H and O–H groups in total. The topological polar surface area (TPSA) is 33.3 Å². The van der Waals surface area contributed by atoms with Crippen LogP contribution in [0.4, 0.5) is 17.6 Å². The molecule has 0 aliphatic carbocycles. The van der Waals surface area contributed by atoms with Gasteiger partial charge in [0.05, 0.1) is 0 Å². The third-order valence-corrected chi connectivity index (χ3v) is 2.82. The van der Waals surface area contributed by atoms with Gasteiger partial charge in [-0.05, 0) is 17.7 Å². The van der Waals surface area contributed by atoms with Crippen LogP contribution in [0.3, 0.4) is 0 Å². The fourth-order valence-electron chi connectivity index (χ4n) is 1.85. The summed E-state index contributed by atoms with van der Waals surface area (Å²) in [5.41, 5.74) is 0.918. The van der Waals surface area contributed by atoms with E-state index in [0.29, 0.717) is 0 Å². The lowest BCUT2D eigenvalue weighted by molar-refractivity contribution is -0.236. The molecule has 0 saturated carbocycles. The molecule has 1 saturated heterocycles. The highest BCUT2D eigenvalue weighted by molar-refractivity contribution is 5.29. The van der Waals surface area contributed by atoms with Crippen LogP contribution in [0.5, 0.6) is 5.75 Å². The van der Waals surface area contributed by atoms with Crippen LogP contribution < -0.4 is 15.4 Å². The molecule has 1 aliphatic heterocycles. The number of ether oxygens (including phenoxy) is 1. The fraction of sp³-hybridized carbons (Fsp3) is 0.500. The van der Waals surface area contributed by atoms with Crippen LogP contribution in [0.15, 0.2) is 24.3 Å². The van der Waals surface area contributed by atoms with Crippen molar-refractivity contribution in [3.05, 3.63) is 29.8 Å². The molecule has 1 aliphatic rings. The van der Waals surface area contributed by atoms with Crippen LogP contribution in [-0.4, -0.2) is 32.2 Å². The Morgan fingerprint density at radius 2 is 1.84 bits per heavy atom. The van der Waals surface area contributed by atoms with E-state index in [1.54, 1.807) is 12.1 Å². The van der Waals surface area contributed by atoms with Crippen LogP contribution in [0, 0.1) is 0 Å². The van der Waals surface area contributed by atoms with Crippen LogP contribution in [-0.2, 0) is 0 Å². The van der Waals surface area contributed by atoms with E-state index in [2.05, 4.69) is 15.4 Å². The Labute approximate surface area is 107 Å². The van der Waals surface area contributed by atoms with Crippen molar-refractivity contribution in [1.29, 1.82) is 0 Å². The summed E-state index contributed by atoms with van der Waals surface area (Å²) in [5, 5.41) is 6.46. The first kappa shape index (κ1) is 14.1. The second-order valence-corrected chi connectivity index (χ2v) is 4.26. The average Bonchev–Trinajstić information content (AvgIpc) is 2.39. The van der Waals surface area contributed by atoms with Gasteiger partial charge in [0.2, 0.25) is 0 Å². The molecule has 0 bridgehead atoms. The van der Waals surface area contributed by atoms with Crippen LogP contribution in [0.1, 0.15) is 11.6 Å². The number of rotatable bonds is 3. The van der Waals surface area contributed by atoms with Gasteiger partial charge in [0.1, 0.15) is 5.75 Å². The first-order chi connectivity index (χ1) is 8.97. The molecule has 0 radical (unpaired) electrons. The van der Waals surface area contributed by atoms with Crippen molar-refractivity contribution < 1.29 is 22.3 Å². The number of hydrogen-bond acceptors (Lipinski definition) is 3. The predicted molar refractivity (Wildman–Crippen MR) is 61.6 cm³/mol. The lowest BCUT2D eigenvalue weighted by Crippen LogP contribution is -2.42. The first-order valence-electron chi connectivity index (χ1n) is 5.88. The number of hydrogen-bond donors (Lipinski definition) is 2. The lowest BCUT2D eigenvalue weighted by Gasteiger charge is -2.25. The van der Waals surface area contributed by atoms with Gasteiger partial charge in [-0.2, -0.15) is 17.6 Å². The summed E-state index contributed by atoms with van der Waals surface area (Å²) in [6.45, 7) is 2.45. The lowest BCUT2D eigenvalue weighted by atomic mass is 10.1. The van der Waals surface area contributed by atoms with E-state index in [4.69, 9.17) is 0 Å². The Morgan fingerprint density at radius 1 is 1.16 bits per heavy atom. The molecule has 19 heavy (non-hydrogen) atoms. The average molecular weight is 278 g/mol. The molecular formula is C12H14F4N2O. The van der Waals surface area contributed by atoms with Crippen molar-refractivity contribution in [1.82, 2.24) is 10.6 Å². The minimum Gasteiger partial charge on any atom is -0.452 e. The molecule has 1 heterocycles. The van der Waals surface area contributed by atoms with Crippen molar-refractivity contribution in [2.75, 3.05) is 19.6 Å². The number of alkyl halides is 4. The molecular weight excluding hydrogens is 264 g/mol. The number of halogens is 4. The zero-order valence-electron chi connectivity index (χ0n) is 10.0. The van der Waals surface area contributed by atoms with Gasteiger partial charge in [0, 0.05) is 25.7 Å². The highest BCUT2D eigenvalue weighted by Crippen LogP contribution is 2.27. The van der Waals surface area contributed by atoms with E-state index in [0.717, 1.165) is 25.2 Å². The quantitative estimate of drug-likeness (QED) is 0.831. The summed E-state index contributed by atoms with van der Waals surface area (Å²) >= 11 is 0. The van der Waals surface area contributed by atoms with E-state index in [-0.39, 0.29) is 11.8 Å².